The lowest BCUT2D eigenvalue weighted by Gasteiger charge is -2.10. The zero-order valence-electron chi connectivity index (χ0n) is 10.8. The fraction of sp³-hybridized carbons (Fsp3) is 0.308. The van der Waals surface area contributed by atoms with E-state index in [4.69, 9.17) is 0 Å². The average Bonchev–Trinajstić information content (AvgIpc) is 3.01. The molecule has 0 radical (unpaired) electrons. The fourth-order valence-electron chi connectivity index (χ4n) is 2.10. The number of fused-ring (bicyclic) bond motifs is 1. The Kier molecular flexibility index (Phi) is 2.94. The summed E-state index contributed by atoms with van der Waals surface area (Å²) in [6.07, 6.45) is 3.35. The van der Waals surface area contributed by atoms with Gasteiger partial charge in [0.25, 0.3) is 5.56 Å². The number of thiophene rings is 1. The van der Waals surface area contributed by atoms with Gasteiger partial charge in [0, 0.05) is 16.9 Å². The molecule has 0 saturated carbocycles. The average molecular weight is 274 g/mol. The summed E-state index contributed by atoms with van der Waals surface area (Å²) in [6.45, 7) is 4.54. The molecule has 6 heteroatoms. The molecule has 5 nitrogen and oxygen atoms in total. The Morgan fingerprint density at radius 1 is 1.37 bits per heavy atom. The van der Waals surface area contributed by atoms with Gasteiger partial charge in [0.2, 0.25) is 0 Å². The smallest absolute Gasteiger partial charge is 0.259 e. The fourth-order valence-corrected chi connectivity index (χ4v) is 2.87. The maximum Gasteiger partial charge on any atom is 0.259 e. The quantitative estimate of drug-likeness (QED) is 0.736. The molecule has 0 amide bonds. The number of rotatable bonds is 3. The molecule has 3 rings (SSSR count). The number of nitrogens with zero attached hydrogens (tertiary/aromatic N) is 4. The van der Waals surface area contributed by atoms with Gasteiger partial charge in [-0.05, 0) is 31.4 Å². The highest BCUT2D eigenvalue weighted by Gasteiger charge is 2.10. The molecule has 3 heterocycles. The number of hydrogen-bond donors (Lipinski definition) is 0. The van der Waals surface area contributed by atoms with E-state index in [2.05, 4.69) is 10.1 Å². The van der Waals surface area contributed by atoms with Crippen molar-refractivity contribution in [1.29, 1.82) is 0 Å². The van der Waals surface area contributed by atoms with Gasteiger partial charge < -0.3 is 4.57 Å². The van der Waals surface area contributed by atoms with E-state index >= 15 is 0 Å². The van der Waals surface area contributed by atoms with Crippen LogP contribution in [-0.2, 0) is 6.54 Å². The van der Waals surface area contributed by atoms with E-state index in [9.17, 15) is 4.79 Å². The first-order chi connectivity index (χ1) is 9.16. The monoisotopic (exact) mass is 274 g/mol. The molecule has 0 unspecified atom stereocenters. The van der Waals surface area contributed by atoms with Crippen LogP contribution < -0.4 is 5.56 Å². The minimum absolute atomic E-state index is 0.0251. The largest absolute Gasteiger partial charge is 0.307 e. The minimum Gasteiger partial charge on any atom is -0.307 e. The molecule has 19 heavy (non-hydrogen) atoms. The summed E-state index contributed by atoms with van der Waals surface area (Å²) in [4.78, 5) is 16.5. The van der Waals surface area contributed by atoms with E-state index in [1.54, 1.807) is 15.9 Å². The second-order valence-corrected chi connectivity index (χ2v) is 5.61. The molecule has 3 aromatic rings. The zero-order valence-corrected chi connectivity index (χ0v) is 11.6. The van der Waals surface area contributed by atoms with Gasteiger partial charge in [-0.2, -0.15) is 5.10 Å². The van der Waals surface area contributed by atoms with Gasteiger partial charge in [-0.1, -0.05) is 0 Å². The van der Waals surface area contributed by atoms with Crippen LogP contribution >= 0.6 is 11.3 Å². The van der Waals surface area contributed by atoms with Crippen molar-refractivity contribution < 1.29 is 0 Å². The molecule has 0 bridgehead atoms. The van der Waals surface area contributed by atoms with Crippen LogP contribution in [0.25, 0.3) is 10.1 Å². The molecule has 0 saturated heterocycles. The Balaban J connectivity index is 2.03. The van der Waals surface area contributed by atoms with Crippen molar-refractivity contribution in [2.24, 2.45) is 0 Å². The van der Waals surface area contributed by atoms with Crippen LogP contribution in [0.5, 0.6) is 0 Å². The summed E-state index contributed by atoms with van der Waals surface area (Å²) in [5, 5.41) is 6.89. The molecule has 0 aliphatic carbocycles. The highest BCUT2D eigenvalue weighted by molar-refractivity contribution is 7.17. The van der Waals surface area contributed by atoms with Crippen LogP contribution in [0, 0.1) is 0 Å². The maximum absolute atomic E-state index is 12.3. The van der Waals surface area contributed by atoms with Crippen molar-refractivity contribution >= 4 is 21.4 Å². The molecular formula is C13H14N4OS. The van der Waals surface area contributed by atoms with Crippen molar-refractivity contribution in [3.8, 4) is 0 Å². The first-order valence-corrected chi connectivity index (χ1v) is 7.00. The number of pyridine rings is 1. The first kappa shape index (κ1) is 12.1. The predicted molar refractivity (Wildman–Crippen MR) is 75.6 cm³/mol. The second kappa shape index (κ2) is 4.62. The van der Waals surface area contributed by atoms with Crippen LogP contribution in [0.15, 0.2) is 34.8 Å². The third-order valence-corrected chi connectivity index (χ3v) is 3.92. The molecule has 0 fully saturated rings. The SMILES string of the molecule is CC(C)n1ncnc1Cn1ccc2sccc2c1=O. The summed E-state index contributed by atoms with van der Waals surface area (Å²) < 4.78 is 4.54. The molecule has 0 aliphatic rings. The van der Waals surface area contributed by atoms with Gasteiger partial charge in [-0.15, -0.1) is 11.3 Å². The van der Waals surface area contributed by atoms with E-state index in [1.165, 1.54) is 6.33 Å². The molecule has 0 atom stereocenters. The number of aromatic nitrogens is 4. The van der Waals surface area contributed by atoms with E-state index in [-0.39, 0.29) is 11.6 Å². The Hall–Kier alpha value is -1.95. The van der Waals surface area contributed by atoms with Gasteiger partial charge in [-0.25, -0.2) is 9.67 Å². The topological polar surface area (TPSA) is 52.7 Å². The summed E-state index contributed by atoms with van der Waals surface area (Å²) in [5.41, 5.74) is 0.0251. The molecule has 3 aromatic heterocycles. The van der Waals surface area contributed by atoms with Gasteiger partial charge in [0.15, 0.2) is 0 Å². The Morgan fingerprint density at radius 2 is 2.21 bits per heavy atom. The molecule has 0 spiro atoms. The highest BCUT2D eigenvalue weighted by atomic mass is 32.1. The molecular weight excluding hydrogens is 260 g/mol. The van der Waals surface area contributed by atoms with Crippen LogP contribution in [0.3, 0.4) is 0 Å². The van der Waals surface area contributed by atoms with Gasteiger partial charge in [-0.3, -0.25) is 4.79 Å². The summed E-state index contributed by atoms with van der Waals surface area (Å²) >= 11 is 1.58. The van der Waals surface area contributed by atoms with Crippen molar-refractivity contribution in [2.75, 3.05) is 0 Å². The van der Waals surface area contributed by atoms with Gasteiger partial charge >= 0.3 is 0 Å². The lowest BCUT2D eigenvalue weighted by atomic mass is 10.3. The molecule has 0 aromatic carbocycles. The predicted octanol–water partition coefficient (Wildman–Crippen LogP) is 2.28. The third kappa shape index (κ3) is 2.08. The zero-order chi connectivity index (χ0) is 13.4. The number of hydrogen-bond acceptors (Lipinski definition) is 4. The van der Waals surface area contributed by atoms with Crippen LogP contribution in [0.4, 0.5) is 0 Å². The van der Waals surface area contributed by atoms with E-state index < -0.39 is 0 Å². The van der Waals surface area contributed by atoms with E-state index in [1.807, 2.05) is 42.2 Å². The van der Waals surface area contributed by atoms with Crippen LogP contribution in [0.1, 0.15) is 25.7 Å². The normalized spacial score (nSPS) is 11.5. The lowest BCUT2D eigenvalue weighted by molar-refractivity contribution is 0.494. The summed E-state index contributed by atoms with van der Waals surface area (Å²) in [6, 6.07) is 4.07. The van der Waals surface area contributed by atoms with E-state index in [0.717, 1.165) is 15.9 Å². The first-order valence-electron chi connectivity index (χ1n) is 6.12. The highest BCUT2D eigenvalue weighted by Crippen LogP contribution is 2.16. The summed E-state index contributed by atoms with van der Waals surface area (Å²) in [7, 11) is 0. The standard InChI is InChI=1S/C13H14N4OS/c1-9(2)17-12(14-8-15-17)7-16-5-3-11-10(13(16)18)4-6-19-11/h3-6,8-9H,7H2,1-2H3. The van der Waals surface area contributed by atoms with Gasteiger partial charge in [0.05, 0.1) is 11.9 Å². The van der Waals surface area contributed by atoms with Crippen molar-refractivity contribution in [3.05, 3.63) is 46.2 Å². The maximum atomic E-state index is 12.3. The molecule has 0 aliphatic heterocycles. The minimum atomic E-state index is 0.0251. The van der Waals surface area contributed by atoms with Gasteiger partial charge in [0.1, 0.15) is 12.2 Å². The lowest BCUT2D eigenvalue weighted by Crippen LogP contribution is -2.22. The van der Waals surface area contributed by atoms with Crippen molar-refractivity contribution in [3.63, 3.8) is 0 Å². The second-order valence-electron chi connectivity index (χ2n) is 4.66. The van der Waals surface area contributed by atoms with Crippen LogP contribution in [-0.4, -0.2) is 19.3 Å². The third-order valence-electron chi connectivity index (χ3n) is 3.04. The Labute approximate surface area is 114 Å². The Morgan fingerprint density at radius 3 is 3.00 bits per heavy atom. The van der Waals surface area contributed by atoms with E-state index in [0.29, 0.717) is 6.54 Å². The molecule has 0 N–H and O–H groups in total. The Bertz CT molecular complexity index is 768. The van der Waals surface area contributed by atoms with Crippen molar-refractivity contribution in [2.45, 2.75) is 26.4 Å². The summed E-state index contributed by atoms with van der Waals surface area (Å²) in [5.74, 6) is 0.798. The van der Waals surface area contributed by atoms with Crippen LogP contribution in [0.2, 0.25) is 0 Å². The van der Waals surface area contributed by atoms with Crippen molar-refractivity contribution in [1.82, 2.24) is 19.3 Å². The molecule has 98 valence electrons.